The summed E-state index contributed by atoms with van der Waals surface area (Å²) in [7, 11) is 0. The number of primary amides is 1. The zero-order valence-electron chi connectivity index (χ0n) is 15.5. The van der Waals surface area contributed by atoms with Crippen molar-refractivity contribution in [2.24, 2.45) is 23.0 Å². The van der Waals surface area contributed by atoms with Crippen LogP contribution in [0.3, 0.4) is 0 Å². The zero-order valence-corrected chi connectivity index (χ0v) is 15.5. The standard InChI is InChI=1S/C18H34N2O4/c1-12(2)8-14(10-21)20(15(11-22)9-13(3)4)17(24)18(16(19)23)6-5-7-18/h12-15,21-22H,5-11H2,1-4H3,(H2,19,23). The molecule has 0 heterocycles. The van der Waals surface area contributed by atoms with Gasteiger partial charge in [-0.2, -0.15) is 0 Å². The van der Waals surface area contributed by atoms with E-state index in [0.29, 0.717) is 25.7 Å². The predicted molar refractivity (Wildman–Crippen MR) is 93.0 cm³/mol. The predicted octanol–water partition coefficient (Wildman–Crippen LogP) is 1.28. The summed E-state index contributed by atoms with van der Waals surface area (Å²) in [5, 5.41) is 19.8. The number of amides is 2. The second kappa shape index (κ2) is 8.81. The van der Waals surface area contributed by atoms with Crippen molar-refractivity contribution in [1.29, 1.82) is 0 Å². The van der Waals surface area contributed by atoms with Crippen molar-refractivity contribution in [3.63, 3.8) is 0 Å². The van der Waals surface area contributed by atoms with E-state index in [0.717, 1.165) is 6.42 Å². The van der Waals surface area contributed by atoms with Crippen molar-refractivity contribution >= 4 is 11.8 Å². The largest absolute Gasteiger partial charge is 0.394 e. The van der Waals surface area contributed by atoms with Gasteiger partial charge in [-0.3, -0.25) is 9.59 Å². The average Bonchev–Trinajstić information content (AvgIpc) is 2.42. The molecule has 0 spiro atoms. The SMILES string of the molecule is CC(C)CC(CO)N(C(=O)C1(C(N)=O)CCC1)C(CO)CC(C)C. The third-order valence-corrected chi connectivity index (χ3v) is 5.02. The number of carbonyl (C=O) groups excluding carboxylic acids is 2. The van der Waals surface area contributed by atoms with Gasteiger partial charge >= 0.3 is 0 Å². The average molecular weight is 342 g/mol. The van der Waals surface area contributed by atoms with E-state index in [2.05, 4.69) is 0 Å². The molecule has 1 aliphatic rings. The first-order valence-electron chi connectivity index (χ1n) is 9.04. The summed E-state index contributed by atoms with van der Waals surface area (Å²) in [6, 6.07) is -0.824. The molecule has 1 aliphatic carbocycles. The number of nitrogens with zero attached hydrogens (tertiary/aromatic N) is 1. The van der Waals surface area contributed by atoms with Crippen LogP contribution in [0.2, 0.25) is 0 Å². The Kier molecular flexibility index (Phi) is 7.67. The molecule has 4 N–H and O–H groups in total. The van der Waals surface area contributed by atoms with Crippen LogP contribution in [0.4, 0.5) is 0 Å². The molecule has 24 heavy (non-hydrogen) atoms. The van der Waals surface area contributed by atoms with Gasteiger partial charge in [0.25, 0.3) is 0 Å². The maximum Gasteiger partial charge on any atom is 0.238 e. The molecule has 0 saturated heterocycles. The first-order chi connectivity index (χ1) is 11.2. The molecular formula is C18H34N2O4. The molecule has 0 aromatic rings. The molecule has 6 nitrogen and oxygen atoms in total. The molecule has 140 valence electrons. The summed E-state index contributed by atoms with van der Waals surface area (Å²) in [5.41, 5.74) is 4.39. The summed E-state index contributed by atoms with van der Waals surface area (Å²) < 4.78 is 0. The van der Waals surface area contributed by atoms with Gasteiger partial charge in [0.1, 0.15) is 5.41 Å². The maximum absolute atomic E-state index is 13.3. The van der Waals surface area contributed by atoms with Crippen molar-refractivity contribution in [2.75, 3.05) is 13.2 Å². The van der Waals surface area contributed by atoms with Gasteiger partial charge in [0.15, 0.2) is 0 Å². The summed E-state index contributed by atoms with van der Waals surface area (Å²) in [5.74, 6) is -0.351. The van der Waals surface area contributed by atoms with Crippen molar-refractivity contribution in [1.82, 2.24) is 4.90 Å². The van der Waals surface area contributed by atoms with Crippen LogP contribution in [0, 0.1) is 17.3 Å². The van der Waals surface area contributed by atoms with E-state index >= 15 is 0 Å². The topological polar surface area (TPSA) is 104 Å². The molecule has 0 radical (unpaired) electrons. The second-order valence-corrected chi connectivity index (χ2v) is 7.94. The Bertz CT molecular complexity index is 415. The fraction of sp³-hybridized carbons (Fsp3) is 0.889. The number of nitrogens with two attached hydrogens (primary N) is 1. The molecule has 2 atom stereocenters. The van der Waals surface area contributed by atoms with Crippen molar-refractivity contribution in [3.05, 3.63) is 0 Å². The number of aliphatic hydroxyl groups excluding tert-OH is 2. The lowest BCUT2D eigenvalue weighted by molar-refractivity contribution is -0.162. The van der Waals surface area contributed by atoms with E-state index in [-0.39, 0.29) is 31.0 Å². The van der Waals surface area contributed by atoms with E-state index in [1.165, 1.54) is 0 Å². The van der Waals surface area contributed by atoms with Gasteiger partial charge in [-0.05, 0) is 37.5 Å². The maximum atomic E-state index is 13.3. The molecule has 1 fully saturated rings. The molecule has 2 unspecified atom stereocenters. The van der Waals surface area contributed by atoms with Crippen LogP contribution < -0.4 is 5.73 Å². The van der Waals surface area contributed by atoms with E-state index in [9.17, 15) is 19.8 Å². The minimum Gasteiger partial charge on any atom is -0.394 e. The van der Waals surface area contributed by atoms with E-state index in [4.69, 9.17) is 5.73 Å². The van der Waals surface area contributed by atoms with Crippen LogP contribution in [-0.2, 0) is 9.59 Å². The zero-order chi connectivity index (χ0) is 18.5. The van der Waals surface area contributed by atoms with Gasteiger partial charge in [-0.25, -0.2) is 0 Å². The number of carbonyl (C=O) groups is 2. The monoisotopic (exact) mass is 342 g/mol. The van der Waals surface area contributed by atoms with Crippen LogP contribution >= 0.6 is 0 Å². The molecule has 0 aliphatic heterocycles. The fourth-order valence-corrected chi connectivity index (χ4v) is 3.61. The Morgan fingerprint density at radius 1 is 1.00 bits per heavy atom. The lowest BCUT2D eigenvalue weighted by Gasteiger charge is -2.46. The van der Waals surface area contributed by atoms with Crippen LogP contribution in [0.25, 0.3) is 0 Å². The number of rotatable bonds is 10. The molecule has 0 bridgehead atoms. The molecular weight excluding hydrogens is 308 g/mol. The minimum atomic E-state index is -1.16. The summed E-state index contributed by atoms with van der Waals surface area (Å²) >= 11 is 0. The van der Waals surface area contributed by atoms with E-state index < -0.39 is 23.4 Å². The molecule has 0 aromatic heterocycles. The van der Waals surface area contributed by atoms with Gasteiger partial charge < -0.3 is 20.8 Å². The van der Waals surface area contributed by atoms with Gasteiger partial charge in [0.2, 0.25) is 11.8 Å². The van der Waals surface area contributed by atoms with Gasteiger partial charge in [0, 0.05) is 0 Å². The Morgan fingerprint density at radius 2 is 1.42 bits per heavy atom. The number of hydrogen-bond acceptors (Lipinski definition) is 4. The Balaban J connectivity index is 3.19. The summed E-state index contributed by atoms with van der Waals surface area (Å²) in [6.07, 6.45) is 2.94. The third kappa shape index (κ3) is 4.48. The van der Waals surface area contributed by atoms with E-state index in [1.54, 1.807) is 4.90 Å². The molecule has 0 aromatic carbocycles. The summed E-state index contributed by atoms with van der Waals surface area (Å²) in [6.45, 7) is 7.72. The fourth-order valence-electron chi connectivity index (χ4n) is 3.61. The molecule has 2 amide bonds. The van der Waals surface area contributed by atoms with Crippen molar-refractivity contribution < 1.29 is 19.8 Å². The Labute approximate surface area is 145 Å². The Hall–Kier alpha value is -1.14. The van der Waals surface area contributed by atoms with Gasteiger partial charge in [-0.15, -0.1) is 0 Å². The first-order valence-corrected chi connectivity index (χ1v) is 9.04. The highest BCUT2D eigenvalue weighted by Crippen LogP contribution is 2.43. The highest BCUT2D eigenvalue weighted by atomic mass is 16.3. The minimum absolute atomic E-state index is 0.187. The van der Waals surface area contributed by atoms with Crippen molar-refractivity contribution in [3.8, 4) is 0 Å². The highest BCUT2D eigenvalue weighted by Gasteiger charge is 2.53. The lowest BCUT2D eigenvalue weighted by atomic mass is 9.66. The quantitative estimate of drug-likeness (QED) is 0.520. The highest BCUT2D eigenvalue weighted by molar-refractivity contribution is 6.05. The van der Waals surface area contributed by atoms with Crippen LogP contribution in [0.5, 0.6) is 0 Å². The van der Waals surface area contributed by atoms with E-state index in [1.807, 2.05) is 27.7 Å². The van der Waals surface area contributed by atoms with Gasteiger partial charge in [0.05, 0.1) is 25.3 Å². The second-order valence-electron chi connectivity index (χ2n) is 7.94. The van der Waals surface area contributed by atoms with Crippen molar-refractivity contribution in [2.45, 2.75) is 71.9 Å². The number of aliphatic hydroxyl groups is 2. The Morgan fingerprint density at radius 3 is 1.62 bits per heavy atom. The van der Waals surface area contributed by atoms with Crippen LogP contribution in [0.1, 0.15) is 59.8 Å². The van der Waals surface area contributed by atoms with Crippen LogP contribution in [0.15, 0.2) is 0 Å². The lowest BCUT2D eigenvalue weighted by Crippen LogP contribution is -2.61. The molecule has 1 saturated carbocycles. The molecule has 6 heteroatoms. The smallest absolute Gasteiger partial charge is 0.238 e. The summed E-state index contributed by atoms with van der Waals surface area (Å²) in [4.78, 5) is 26.8. The third-order valence-electron chi connectivity index (χ3n) is 5.02. The normalized spacial score (nSPS) is 19.0. The number of hydrogen-bond donors (Lipinski definition) is 3. The van der Waals surface area contributed by atoms with Crippen LogP contribution in [-0.4, -0.2) is 52.2 Å². The van der Waals surface area contributed by atoms with Gasteiger partial charge in [-0.1, -0.05) is 34.1 Å². The first kappa shape index (κ1) is 20.9. The molecule has 1 rings (SSSR count).